The summed E-state index contributed by atoms with van der Waals surface area (Å²) in [5, 5.41) is 13.4. The van der Waals surface area contributed by atoms with Gasteiger partial charge in [0.25, 0.3) is 0 Å². The predicted molar refractivity (Wildman–Crippen MR) is 67.5 cm³/mol. The van der Waals surface area contributed by atoms with Crippen LogP contribution in [0.15, 0.2) is 0 Å². The molecule has 0 amide bonds. The van der Waals surface area contributed by atoms with Crippen LogP contribution in [0.1, 0.15) is 64.7 Å². The number of rotatable bonds is 4. The molecule has 16 heavy (non-hydrogen) atoms. The smallest absolute Gasteiger partial charge is 0.0613 e. The summed E-state index contributed by atoms with van der Waals surface area (Å²) in [7, 11) is 0. The minimum Gasteiger partial charge on any atom is -0.394 e. The molecule has 2 N–H and O–H groups in total. The third-order valence-electron chi connectivity index (χ3n) is 4.80. The number of nitrogens with one attached hydrogen (secondary N) is 1. The van der Waals surface area contributed by atoms with E-state index in [9.17, 15) is 5.11 Å². The number of aliphatic hydroxyl groups excluding tert-OH is 1. The van der Waals surface area contributed by atoms with Crippen LogP contribution in [-0.2, 0) is 0 Å². The van der Waals surface area contributed by atoms with Crippen LogP contribution in [0.5, 0.6) is 0 Å². The van der Waals surface area contributed by atoms with Crippen molar-refractivity contribution >= 4 is 0 Å². The largest absolute Gasteiger partial charge is 0.394 e. The minimum atomic E-state index is 0.0870. The Hall–Kier alpha value is -0.0800. The van der Waals surface area contributed by atoms with Crippen molar-refractivity contribution < 1.29 is 5.11 Å². The highest BCUT2D eigenvalue weighted by Crippen LogP contribution is 2.33. The monoisotopic (exact) mass is 225 g/mol. The van der Waals surface area contributed by atoms with Crippen molar-refractivity contribution in [2.75, 3.05) is 6.61 Å². The van der Waals surface area contributed by atoms with Gasteiger partial charge in [-0.05, 0) is 44.4 Å². The first-order valence-corrected chi connectivity index (χ1v) is 7.16. The van der Waals surface area contributed by atoms with Crippen molar-refractivity contribution in [3.8, 4) is 0 Å². The first-order chi connectivity index (χ1) is 7.78. The molecule has 0 spiro atoms. The molecule has 2 rings (SSSR count). The molecule has 0 unspecified atom stereocenters. The maximum atomic E-state index is 9.58. The summed E-state index contributed by atoms with van der Waals surface area (Å²) in [6.07, 6.45) is 11.7. The van der Waals surface area contributed by atoms with E-state index in [1.807, 2.05) is 0 Å². The van der Waals surface area contributed by atoms with E-state index in [0.717, 1.165) is 5.92 Å². The van der Waals surface area contributed by atoms with Gasteiger partial charge in [0.15, 0.2) is 0 Å². The van der Waals surface area contributed by atoms with E-state index in [1.54, 1.807) is 0 Å². The summed E-state index contributed by atoms with van der Waals surface area (Å²) in [5.41, 5.74) is 0.0870. The molecule has 2 nitrogen and oxygen atoms in total. The molecule has 0 aromatic carbocycles. The molecule has 0 bridgehead atoms. The van der Waals surface area contributed by atoms with Crippen LogP contribution >= 0.6 is 0 Å². The highest BCUT2D eigenvalue weighted by molar-refractivity contribution is 4.95. The third-order valence-corrected chi connectivity index (χ3v) is 4.80. The molecule has 2 heteroatoms. The average Bonchev–Trinajstić information content (AvgIpc) is 2.79. The molecule has 0 atom stereocenters. The van der Waals surface area contributed by atoms with Gasteiger partial charge >= 0.3 is 0 Å². The van der Waals surface area contributed by atoms with E-state index in [2.05, 4.69) is 12.2 Å². The van der Waals surface area contributed by atoms with Gasteiger partial charge in [-0.3, -0.25) is 0 Å². The average molecular weight is 225 g/mol. The molecule has 0 aromatic rings. The fourth-order valence-electron chi connectivity index (χ4n) is 3.55. The van der Waals surface area contributed by atoms with Crippen LogP contribution < -0.4 is 5.32 Å². The summed E-state index contributed by atoms with van der Waals surface area (Å²) in [6.45, 7) is 2.64. The van der Waals surface area contributed by atoms with Gasteiger partial charge < -0.3 is 10.4 Å². The lowest BCUT2D eigenvalue weighted by Crippen LogP contribution is -2.52. The summed E-state index contributed by atoms with van der Waals surface area (Å²) < 4.78 is 0. The van der Waals surface area contributed by atoms with Crippen LogP contribution in [0.4, 0.5) is 0 Å². The highest BCUT2D eigenvalue weighted by Gasteiger charge is 2.35. The summed E-state index contributed by atoms with van der Waals surface area (Å²) in [6, 6.07) is 0.674. The fourth-order valence-corrected chi connectivity index (χ4v) is 3.55. The predicted octanol–water partition coefficient (Wildman–Crippen LogP) is 2.85. The third kappa shape index (κ3) is 2.78. The van der Waals surface area contributed by atoms with Crippen LogP contribution in [0.2, 0.25) is 0 Å². The van der Waals surface area contributed by atoms with E-state index in [0.29, 0.717) is 12.6 Å². The molecular formula is C14H27NO. The van der Waals surface area contributed by atoms with Gasteiger partial charge in [-0.15, -0.1) is 0 Å². The molecule has 0 aromatic heterocycles. The van der Waals surface area contributed by atoms with Crippen molar-refractivity contribution in [2.45, 2.75) is 76.3 Å². The van der Waals surface area contributed by atoms with Crippen molar-refractivity contribution in [3.63, 3.8) is 0 Å². The van der Waals surface area contributed by atoms with Gasteiger partial charge in [0, 0.05) is 11.6 Å². The van der Waals surface area contributed by atoms with Gasteiger partial charge in [-0.25, -0.2) is 0 Å². The molecule has 2 saturated carbocycles. The molecule has 2 aliphatic rings. The molecule has 0 aliphatic heterocycles. The summed E-state index contributed by atoms with van der Waals surface area (Å²) in [4.78, 5) is 0. The van der Waals surface area contributed by atoms with Crippen molar-refractivity contribution in [2.24, 2.45) is 5.92 Å². The van der Waals surface area contributed by atoms with E-state index in [4.69, 9.17) is 0 Å². The fraction of sp³-hybridized carbons (Fsp3) is 1.00. The van der Waals surface area contributed by atoms with Crippen LogP contribution in [0.25, 0.3) is 0 Å². The lowest BCUT2D eigenvalue weighted by molar-refractivity contribution is 0.134. The standard InChI is InChI=1S/C14H27NO/c1-2-12-5-7-13(8-6-12)15-14(11-16)9-3-4-10-14/h12-13,15-16H,2-11H2,1H3. The van der Waals surface area contributed by atoms with Crippen LogP contribution in [-0.4, -0.2) is 23.3 Å². The Labute approximate surface area is 99.8 Å². The first kappa shape index (κ1) is 12.4. The molecule has 2 fully saturated rings. The van der Waals surface area contributed by atoms with E-state index >= 15 is 0 Å². The molecule has 0 heterocycles. The first-order valence-electron chi connectivity index (χ1n) is 7.16. The molecule has 2 aliphatic carbocycles. The quantitative estimate of drug-likeness (QED) is 0.771. The second-order valence-electron chi connectivity index (χ2n) is 5.92. The van der Waals surface area contributed by atoms with Crippen molar-refractivity contribution in [1.82, 2.24) is 5.32 Å². The minimum absolute atomic E-state index is 0.0870. The lowest BCUT2D eigenvalue weighted by atomic mass is 9.83. The number of hydrogen-bond donors (Lipinski definition) is 2. The van der Waals surface area contributed by atoms with Gasteiger partial charge in [-0.1, -0.05) is 26.2 Å². The Bertz CT molecular complexity index is 203. The number of aliphatic hydroxyl groups is 1. The van der Waals surface area contributed by atoms with Crippen molar-refractivity contribution in [3.05, 3.63) is 0 Å². The highest BCUT2D eigenvalue weighted by atomic mass is 16.3. The van der Waals surface area contributed by atoms with Gasteiger partial charge in [0.1, 0.15) is 0 Å². The van der Waals surface area contributed by atoms with E-state index in [-0.39, 0.29) is 5.54 Å². The second kappa shape index (κ2) is 5.50. The lowest BCUT2D eigenvalue weighted by Gasteiger charge is -2.37. The molecular weight excluding hydrogens is 198 g/mol. The molecule has 94 valence electrons. The Kier molecular flexibility index (Phi) is 4.26. The van der Waals surface area contributed by atoms with Gasteiger partial charge in [0.05, 0.1) is 6.61 Å². The topological polar surface area (TPSA) is 32.3 Å². The van der Waals surface area contributed by atoms with Gasteiger partial charge in [-0.2, -0.15) is 0 Å². The number of hydrogen-bond acceptors (Lipinski definition) is 2. The summed E-state index contributed by atoms with van der Waals surface area (Å²) in [5.74, 6) is 0.965. The Morgan fingerprint density at radius 3 is 2.25 bits per heavy atom. The van der Waals surface area contributed by atoms with E-state index in [1.165, 1.54) is 57.8 Å². The zero-order valence-corrected chi connectivity index (χ0v) is 10.7. The van der Waals surface area contributed by atoms with Gasteiger partial charge in [0.2, 0.25) is 0 Å². The van der Waals surface area contributed by atoms with Crippen molar-refractivity contribution in [1.29, 1.82) is 0 Å². The Morgan fingerprint density at radius 2 is 1.75 bits per heavy atom. The molecule has 0 radical (unpaired) electrons. The van der Waals surface area contributed by atoms with Crippen LogP contribution in [0.3, 0.4) is 0 Å². The normalized spacial score (nSPS) is 34.1. The Balaban J connectivity index is 1.81. The molecule has 0 saturated heterocycles. The maximum Gasteiger partial charge on any atom is 0.0613 e. The zero-order chi connectivity index (χ0) is 11.4. The van der Waals surface area contributed by atoms with Crippen LogP contribution in [0, 0.1) is 5.92 Å². The SMILES string of the molecule is CCC1CCC(NC2(CO)CCCC2)CC1. The Morgan fingerprint density at radius 1 is 1.12 bits per heavy atom. The zero-order valence-electron chi connectivity index (χ0n) is 10.7. The van der Waals surface area contributed by atoms with E-state index < -0.39 is 0 Å². The second-order valence-corrected chi connectivity index (χ2v) is 5.92. The maximum absolute atomic E-state index is 9.58. The summed E-state index contributed by atoms with van der Waals surface area (Å²) >= 11 is 0.